The van der Waals surface area contributed by atoms with Crippen LogP contribution in [0.3, 0.4) is 0 Å². The number of benzene rings is 1. The number of rotatable bonds is 10. The van der Waals surface area contributed by atoms with Crippen molar-refractivity contribution < 1.29 is 36.8 Å². The molecule has 4 amide bonds. The van der Waals surface area contributed by atoms with Crippen molar-refractivity contribution in [1.29, 1.82) is 0 Å². The Morgan fingerprint density at radius 3 is 2.76 bits per heavy atom. The Bertz CT molecular complexity index is 1440. The topological polar surface area (TPSA) is 139 Å². The molecule has 3 N–H and O–H groups in total. The van der Waals surface area contributed by atoms with Crippen molar-refractivity contribution in [2.24, 2.45) is 0 Å². The van der Waals surface area contributed by atoms with Gasteiger partial charge in [-0.15, -0.1) is 0 Å². The Labute approximate surface area is 237 Å². The van der Waals surface area contributed by atoms with E-state index in [1.807, 2.05) is 0 Å². The smallest absolute Gasteiger partial charge is 0.318 e. The first-order valence-corrected chi connectivity index (χ1v) is 12.8. The standard InChI is InChI=1S/C26H26ClF3N6O5/c1-3-14-10-41-35-22(14)24(38)34-21(16-4-5-17(27)18(28)8-16)23(37)33-20-9-15(6-7-31-20)19(11-40-2)36-13-26(29,30)12-32-25(36)39/h4-10,19,21H,3,11-13H2,1-2H3,(H,32,39)(H,34,38)(H,31,33,37)/t19-,21+/m1/s1. The molecule has 3 heterocycles. The van der Waals surface area contributed by atoms with Crippen LogP contribution >= 0.6 is 11.6 Å². The van der Waals surface area contributed by atoms with Crippen molar-refractivity contribution in [1.82, 2.24) is 25.7 Å². The van der Waals surface area contributed by atoms with Gasteiger partial charge in [-0.05, 0) is 41.8 Å². The Kier molecular flexibility index (Phi) is 9.13. The molecule has 11 nitrogen and oxygen atoms in total. The Balaban J connectivity index is 1.62. The summed E-state index contributed by atoms with van der Waals surface area (Å²) in [5.41, 5.74) is 0.868. The molecule has 1 aliphatic heterocycles. The van der Waals surface area contributed by atoms with E-state index < -0.39 is 54.8 Å². The van der Waals surface area contributed by atoms with E-state index in [2.05, 4.69) is 26.1 Å². The Morgan fingerprint density at radius 1 is 1.27 bits per heavy atom. The van der Waals surface area contributed by atoms with Gasteiger partial charge in [0.05, 0.1) is 30.8 Å². The molecule has 0 aliphatic carbocycles. The Morgan fingerprint density at radius 2 is 2.05 bits per heavy atom. The summed E-state index contributed by atoms with van der Waals surface area (Å²) in [5.74, 6) is -5.56. The number of carbonyl (C=O) groups excluding carboxylic acids is 3. The minimum absolute atomic E-state index is 0.0258. The minimum atomic E-state index is -3.16. The van der Waals surface area contributed by atoms with Crippen LogP contribution in [0.2, 0.25) is 5.02 Å². The number of halogens is 4. The number of pyridine rings is 1. The lowest BCUT2D eigenvalue weighted by Crippen LogP contribution is -2.58. The van der Waals surface area contributed by atoms with E-state index in [0.29, 0.717) is 17.5 Å². The third-order valence-corrected chi connectivity index (χ3v) is 6.64. The molecule has 0 unspecified atom stereocenters. The van der Waals surface area contributed by atoms with Gasteiger partial charge in [-0.1, -0.05) is 29.7 Å². The Hall–Kier alpha value is -4.17. The fourth-order valence-electron chi connectivity index (χ4n) is 4.27. The van der Waals surface area contributed by atoms with Crippen LogP contribution in [0.5, 0.6) is 0 Å². The third-order valence-electron chi connectivity index (χ3n) is 6.34. The highest BCUT2D eigenvalue weighted by Crippen LogP contribution is 2.29. The van der Waals surface area contributed by atoms with Gasteiger partial charge in [-0.25, -0.2) is 22.9 Å². The van der Waals surface area contributed by atoms with E-state index in [9.17, 15) is 27.6 Å². The largest absolute Gasteiger partial charge is 0.382 e. The number of ether oxygens (including phenoxy) is 1. The van der Waals surface area contributed by atoms with Crippen LogP contribution in [0.4, 0.5) is 23.8 Å². The predicted octanol–water partition coefficient (Wildman–Crippen LogP) is 3.88. The zero-order valence-electron chi connectivity index (χ0n) is 21.9. The van der Waals surface area contributed by atoms with E-state index in [0.717, 1.165) is 11.0 Å². The highest BCUT2D eigenvalue weighted by atomic mass is 35.5. The molecule has 0 spiro atoms. The molecular formula is C26H26ClF3N6O5. The second-order valence-corrected chi connectivity index (χ2v) is 9.61. The summed E-state index contributed by atoms with van der Waals surface area (Å²) in [4.78, 5) is 43.9. The molecule has 1 aromatic carbocycles. The van der Waals surface area contributed by atoms with Crippen molar-refractivity contribution >= 4 is 35.3 Å². The number of amides is 4. The van der Waals surface area contributed by atoms with Gasteiger partial charge in [-0.3, -0.25) is 9.59 Å². The molecule has 0 saturated carbocycles. The predicted molar refractivity (Wildman–Crippen MR) is 140 cm³/mol. The van der Waals surface area contributed by atoms with Gasteiger partial charge >= 0.3 is 6.03 Å². The van der Waals surface area contributed by atoms with Gasteiger partial charge in [0, 0.05) is 18.9 Å². The maximum atomic E-state index is 14.3. The summed E-state index contributed by atoms with van der Waals surface area (Å²) in [6.45, 7) is 0.0361. The number of urea groups is 1. The highest BCUT2D eigenvalue weighted by molar-refractivity contribution is 6.30. The SMILES string of the molecule is CCc1conc1C(=O)N[C@H](C(=O)Nc1cc([C@@H](COC)N2CC(F)(F)CNC2=O)ccn1)c1ccc(Cl)c(F)c1. The summed E-state index contributed by atoms with van der Waals surface area (Å²) in [7, 11) is 1.36. The van der Waals surface area contributed by atoms with Crippen molar-refractivity contribution in [3.8, 4) is 0 Å². The minimum Gasteiger partial charge on any atom is -0.382 e. The molecule has 41 heavy (non-hydrogen) atoms. The van der Waals surface area contributed by atoms with Gasteiger partial charge in [-0.2, -0.15) is 0 Å². The number of aromatic nitrogens is 2. The second-order valence-electron chi connectivity index (χ2n) is 9.20. The molecule has 4 rings (SSSR count). The summed E-state index contributed by atoms with van der Waals surface area (Å²) in [6, 6.07) is 3.41. The normalized spacial score (nSPS) is 16.0. The summed E-state index contributed by atoms with van der Waals surface area (Å²) in [5, 5.41) is 10.7. The summed E-state index contributed by atoms with van der Waals surface area (Å²) < 4.78 is 52.6. The molecule has 2 aromatic heterocycles. The van der Waals surface area contributed by atoms with E-state index in [1.165, 1.54) is 43.8 Å². The molecule has 3 aromatic rings. The molecule has 218 valence electrons. The molecule has 2 atom stereocenters. The van der Waals surface area contributed by atoms with Crippen molar-refractivity contribution in [3.63, 3.8) is 0 Å². The number of nitrogens with zero attached hydrogens (tertiary/aromatic N) is 3. The number of nitrogens with one attached hydrogen (secondary N) is 3. The zero-order valence-corrected chi connectivity index (χ0v) is 22.7. The third kappa shape index (κ3) is 6.95. The average molecular weight is 595 g/mol. The van der Waals surface area contributed by atoms with Gasteiger partial charge in [0.25, 0.3) is 17.7 Å². The number of anilines is 1. The molecule has 0 bridgehead atoms. The lowest BCUT2D eigenvalue weighted by atomic mass is 10.0. The molecule has 1 saturated heterocycles. The molecular weight excluding hydrogens is 569 g/mol. The highest BCUT2D eigenvalue weighted by Gasteiger charge is 2.42. The van der Waals surface area contributed by atoms with Crippen LogP contribution in [0.25, 0.3) is 0 Å². The average Bonchev–Trinajstić information content (AvgIpc) is 3.43. The maximum absolute atomic E-state index is 14.3. The fourth-order valence-corrected chi connectivity index (χ4v) is 4.38. The van der Waals surface area contributed by atoms with Crippen LogP contribution in [-0.2, 0) is 16.0 Å². The lowest BCUT2D eigenvalue weighted by molar-refractivity contribution is -0.118. The number of hydrogen-bond acceptors (Lipinski definition) is 7. The van der Waals surface area contributed by atoms with E-state index in [1.54, 1.807) is 6.92 Å². The first-order chi connectivity index (χ1) is 19.5. The van der Waals surface area contributed by atoms with Gasteiger partial charge in [0.2, 0.25) is 0 Å². The second kappa shape index (κ2) is 12.6. The summed E-state index contributed by atoms with van der Waals surface area (Å²) in [6.07, 6.45) is 3.04. The van der Waals surface area contributed by atoms with Gasteiger partial charge < -0.3 is 30.1 Å². The van der Waals surface area contributed by atoms with Crippen LogP contribution in [0.1, 0.15) is 46.2 Å². The molecule has 1 fully saturated rings. The van der Waals surface area contributed by atoms with E-state index in [4.69, 9.17) is 20.9 Å². The monoisotopic (exact) mass is 594 g/mol. The van der Waals surface area contributed by atoms with Crippen molar-refractivity contribution in [3.05, 3.63) is 76.0 Å². The van der Waals surface area contributed by atoms with E-state index in [-0.39, 0.29) is 28.7 Å². The number of aryl methyl sites for hydroxylation is 1. The van der Waals surface area contributed by atoms with Crippen LogP contribution in [-0.4, -0.2) is 65.6 Å². The molecule has 1 aliphatic rings. The number of carbonyl (C=O) groups is 3. The van der Waals surface area contributed by atoms with Crippen LogP contribution < -0.4 is 16.0 Å². The maximum Gasteiger partial charge on any atom is 0.318 e. The quantitative estimate of drug-likeness (QED) is 0.324. The van der Waals surface area contributed by atoms with Crippen molar-refractivity contribution in [2.45, 2.75) is 31.4 Å². The number of methoxy groups -OCH3 is 1. The first-order valence-electron chi connectivity index (χ1n) is 12.4. The fraction of sp³-hybridized carbons (Fsp3) is 0.346. The van der Waals surface area contributed by atoms with Crippen molar-refractivity contribution in [2.75, 3.05) is 32.1 Å². The van der Waals surface area contributed by atoms with Gasteiger partial charge in [0.15, 0.2) is 5.69 Å². The first kappa shape index (κ1) is 29.8. The zero-order chi connectivity index (χ0) is 29.7. The lowest BCUT2D eigenvalue weighted by Gasteiger charge is -2.38. The van der Waals surface area contributed by atoms with Crippen LogP contribution in [0.15, 0.2) is 47.3 Å². The van der Waals surface area contributed by atoms with Gasteiger partial charge in [0.1, 0.15) is 23.9 Å². The number of alkyl halides is 2. The molecule has 0 radical (unpaired) electrons. The summed E-state index contributed by atoms with van der Waals surface area (Å²) >= 11 is 5.80. The van der Waals surface area contributed by atoms with Crippen LogP contribution in [0, 0.1) is 5.82 Å². The van der Waals surface area contributed by atoms with E-state index >= 15 is 0 Å². The number of hydrogen-bond donors (Lipinski definition) is 3. The molecule has 15 heteroatoms.